The van der Waals surface area contributed by atoms with Crippen LogP contribution >= 0.6 is 27.7 Å². The molecular weight excluding hydrogens is 384 g/mol. The van der Waals surface area contributed by atoms with Crippen LogP contribution in [0.5, 0.6) is 0 Å². The van der Waals surface area contributed by atoms with E-state index in [1.54, 1.807) is 24.3 Å². The summed E-state index contributed by atoms with van der Waals surface area (Å²) in [6.45, 7) is 0. The van der Waals surface area contributed by atoms with E-state index in [9.17, 15) is 9.59 Å². The first-order valence-corrected chi connectivity index (χ1v) is 8.71. The minimum atomic E-state index is -0.398. The van der Waals surface area contributed by atoms with Gasteiger partial charge in [0.2, 0.25) is 11.8 Å². The Morgan fingerprint density at radius 1 is 1.26 bits per heavy atom. The summed E-state index contributed by atoms with van der Waals surface area (Å²) in [5.74, 6) is 0.332. The monoisotopic (exact) mass is 396 g/mol. The lowest BCUT2D eigenvalue weighted by molar-refractivity contribution is -0.119. The zero-order valence-electron chi connectivity index (χ0n) is 11.9. The van der Waals surface area contributed by atoms with E-state index in [1.165, 1.54) is 0 Å². The second-order valence-corrected chi connectivity index (χ2v) is 6.73. The number of hydrazine groups is 1. The molecule has 0 radical (unpaired) electrons. The van der Waals surface area contributed by atoms with Crippen LogP contribution in [0.1, 0.15) is 35.0 Å². The molecule has 2 N–H and O–H groups in total. The van der Waals surface area contributed by atoms with Gasteiger partial charge in [-0.3, -0.25) is 20.4 Å². The maximum atomic E-state index is 11.9. The lowest BCUT2D eigenvalue weighted by Gasteiger charge is -2.07. The minimum Gasteiger partial charge on any atom is -0.416 e. The van der Waals surface area contributed by atoms with Crippen molar-refractivity contribution in [3.05, 3.63) is 40.2 Å². The number of carbonyl (C=O) groups is 2. The van der Waals surface area contributed by atoms with E-state index in [4.69, 9.17) is 4.42 Å². The van der Waals surface area contributed by atoms with Gasteiger partial charge in [-0.2, -0.15) is 0 Å². The van der Waals surface area contributed by atoms with Crippen molar-refractivity contribution < 1.29 is 14.0 Å². The van der Waals surface area contributed by atoms with Crippen molar-refractivity contribution >= 4 is 39.5 Å². The van der Waals surface area contributed by atoms with Gasteiger partial charge < -0.3 is 4.42 Å². The molecule has 1 saturated carbocycles. The number of halogens is 1. The van der Waals surface area contributed by atoms with Crippen molar-refractivity contribution in [3.63, 3.8) is 0 Å². The molecule has 0 unspecified atom stereocenters. The van der Waals surface area contributed by atoms with E-state index in [0.717, 1.165) is 24.6 Å². The third-order valence-corrected chi connectivity index (χ3v) is 4.62. The lowest BCUT2D eigenvalue weighted by atomic mass is 10.2. The van der Waals surface area contributed by atoms with Gasteiger partial charge >= 0.3 is 0 Å². The summed E-state index contributed by atoms with van der Waals surface area (Å²) < 4.78 is 6.09. The molecule has 1 fully saturated rings. The van der Waals surface area contributed by atoms with Crippen LogP contribution in [0.3, 0.4) is 0 Å². The van der Waals surface area contributed by atoms with Gasteiger partial charge in [0.1, 0.15) is 0 Å². The highest BCUT2D eigenvalue weighted by atomic mass is 79.9. The second kappa shape index (κ2) is 7.14. The zero-order valence-corrected chi connectivity index (χ0v) is 14.3. The number of rotatable bonds is 5. The summed E-state index contributed by atoms with van der Waals surface area (Å²) in [7, 11) is 0. The third-order valence-electron chi connectivity index (χ3n) is 3.11. The van der Waals surface area contributed by atoms with Gasteiger partial charge in [0.15, 0.2) is 0 Å². The molecule has 9 heteroatoms. The average Bonchev–Trinajstić information content (AvgIpc) is 3.30. The van der Waals surface area contributed by atoms with Gasteiger partial charge in [0.25, 0.3) is 11.1 Å². The van der Waals surface area contributed by atoms with Crippen LogP contribution in [-0.4, -0.2) is 27.8 Å². The summed E-state index contributed by atoms with van der Waals surface area (Å²) >= 11 is 4.41. The third kappa shape index (κ3) is 4.32. The van der Waals surface area contributed by atoms with E-state index in [-0.39, 0.29) is 11.7 Å². The Bertz CT molecular complexity index is 732. The highest BCUT2D eigenvalue weighted by Gasteiger charge is 2.29. The zero-order chi connectivity index (χ0) is 16.2. The average molecular weight is 397 g/mol. The maximum Gasteiger partial charge on any atom is 0.277 e. The Balaban J connectivity index is 1.44. The topological polar surface area (TPSA) is 97.1 Å². The number of hydrogen-bond donors (Lipinski definition) is 2. The fraction of sp³-hybridized carbons (Fsp3) is 0.286. The first-order chi connectivity index (χ1) is 11.1. The van der Waals surface area contributed by atoms with Crippen LogP contribution in [0.4, 0.5) is 0 Å². The molecule has 1 heterocycles. The Morgan fingerprint density at radius 2 is 2.04 bits per heavy atom. The number of nitrogens with zero attached hydrogens (tertiary/aromatic N) is 2. The standard InChI is InChI=1S/C14H13BrN4O3S/c15-10-4-2-1-3-9(10)12(21)17-16-11(20)7-23-14-19-18-13(22-14)8-5-6-8/h1-4,8H,5-7H2,(H,16,20)(H,17,21). The van der Waals surface area contributed by atoms with Crippen molar-refractivity contribution in [1.29, 1.82) is 0 Å². The maximum absolute atomic E-state index is 11.9. The predicted octanol–water partition coefficient (Wildman–Crippen LogP) is 2.26. The number of aromatic nitrogens is 2. The van der Waals surface area contributed by atoms with Crippen molar-refractivity contribution in [2.24, 2.45) is 0 Å². The Morgan fingerprint density at radius 3 is 2.78 bits per heavy atom. The lowest BCUT2D eigenvalue weighted by Crippen LogP contribution is -2.42. The van der Waals surface area contributed by atoms with Gasteiger partial charge in [-0.05, 0) is 40.9 Å². The van der Waals surface area contributed by atoms with Crippen LogP contribution in [-0.2, 0) is 4.79 Å². The molecule has 0 spiro atoms. The fourth-order valence-electron chi connectivity index (χ4n) is 1.78. The van der Waals surface area contributed by atoms with Gasteiger partial charge in [-0.25, -0.2) is 0 Å². The second-order valence-electron chi connectivity index (χ2n) is 4.95. The molecule has 3 rings (SSSR count). The van der Waals surface area contributed by atoms with Crippen molar-refractivity contribution in [2.75, 3.05) is 5.75 Å². The quantitative estimate of drug-likeness (QED) is 0.594. The summed E-state index contributed by atoms with van der Waals surface area (Å²) in [6.07, 6.45) is 2.15. The largest absolute Gasteiger partial charge is 0.416 e. The van der Waals surface area contributed by atoms with Gasteiger partial charge in [0, 0.05) is 10.4 Å². The van der Waals surface area contributed by atoms with Crippen LogP contribution in [0.2, 0.25) is 0 Å². The number of amides is 2. The molecule has 0 saturated heterocycles. The highest BCUT2D eigenvalue weighted by Crippen LogP contribution is 2.39. The van der Waals surface area contributed by atoms with Crippen LogP contribution in [0.25, 0.3) is 0 Å². The molecule has 1 aliphatic carbocycles. The molecule has 1 aliphatic rings. The summed E-state index contributed by atoms with van der Waals surface area (Å²) in [5, 5.41) is 8.17. The van der Waals surface area contributed by atoms with Crippen LogP contribution < -0.4 is 10.9 Å². The Hall–Kier alpha value is -1.87. The number of thioether (sulfide) groups is 1. The smallest absolute Gasteiger partial charge is 0.277 e. The minimum absolute atomic E-state index is 0.0720. The molecule has 1 aromatic heterocycles. The number of nitrogens with one attached hydrogen (secondary N) is 2. The molecule has 23 heavy (non-hydrogen) atoms. The Kier molecular flexibility index (Phi) is 4.97. The van der Waals surface area contributed by atoms with Crippen LogP contribution in [0.15, 0.2) is 38.4 Å². The SMILES string of the molecule is O=C(CSc1nnc(C2CC2)o1)NNC(=O)c1ccccc1Br. The fourth-order valence-corrected chi connectivity index (χ4v) is 2.81. The summed E-state index contributed by atoms with van der Waals surface area (Å²) in [5.41, 5.74) is 5.15. The molecule has 0 atom stereocenters. The molecule has 2 aromatic rings. The van der Waals surface area contributed by atoms with Gasteiger partial charge in [0.05, 0.1) is 11.3 Å². The number of benzene rings is 1. The molecule has 2 amide bonds. The normalized spacial score (nSPS) is 13.6. The molecule has 1 aromatic carbocycles. The van der Waals surface area contributed by atoms with Crippen molar-refractivity contribution in [2.45, 2.75) is 24.0 Å². The van der Waals surface area contributed by atoms with E-state index >= 15 is 0 Å². The van der Waals surface area contributed by atoms with Gasteiger partial charge in [-0.1, -0.05) is 23.9 Å². The van der Waals surface area contributed by atoms with E-state index in [1.807, 2.05) is 0 Å². The van der Waals surface area contributed by atoms with E-state index in [2.05, 4.69) is 37.0 Å². The van der Waals surface area contributed by atoms with Gasteiger partial charge in [-0.15, -0.1) is 10.2 Å². The summed E-state index contributed by atoms with van der Waals surface area (Å²) in [4.78, 5) is 23.7. The molecular formula is C14H13BrN4O3S. The van der Waals surface area contributed by atoms with Crippen molar-refractivity contribution in [3.8, 4) is 0 Å². The summed E-state index contributed by atoms with van der Waals surface area (Å²) in [6, 6.07) is 6.94. The van der Waals surface area contributed by atoms with Crippen molar-refractivity contribution in [1.82, 2.24) is 21.0 Å². The molecule has 7 nitrogen and oxygen atoms in total. The number of hydrogen-bond acceptors (Lipinski definition) is 6. The first kappa shape index (κ1) is 16.0. The van der Waals surface area contributed by atoms with E-state index < -0.39 is 5.91 Å². The molecule has 0 bridgehead atoms. The molecule has 0 aliphatic heterocycles. The van der Waals surface area contributed by atoms with E-state index in [0.29, 0.717) is 27.1 Å². The van der Waals surface area contributed by atoms with Crippen LogP contribution in [0, 0.1) is 0 Å². The molecule has 120 valence electrons. The highest BCUT2D eigenvalue weighted by molar-refractivity contribution is 9.10. The number of carbonyl (C=O) groups excluding carboxylic acids is 2. The first-order valence-electron chi connectivity index (χ1n) is 6.93. The predicted molar refractivity (Wildman–Crippen MR) is 86.7 cm³/mol. The Labute approximate surface area is 144 Å².